The maximum absolute atomic E-state index is 5.35. The highest BCUT2D eigenvalue weighted by molar-refractivity contribution is 7.98. The molecule has 130 valence electrons. The van der Waals surface area contributed by atoms with E-state index in [4.69, 9.17) is 14.6 Å². The molecule has 0 aliphatic heterocycles. The van der Waals surface area contributed by atoms with Gasteiger partial charge in [-0.2, -0.15) is 4.98 Å². The lowest BCUT2D eigenvalue weighted by Gasteiger charge is -2.10. The highest BCUT2D eigenvalue weighted by Crippen LogP contribution is 2.40. The van der Waals surface area contributed by atoms with Crippen molar-refractivity contribution in [3.8, 4) is 5.69 Å². The molecule has 1 aliphatic carbocycles. The van der Waals surface area contributed by atoms with Gasteiger partial charge in [0.25, 0.3) is 0 Å². The number of hydrogen-bond donors (Lipinski definition) is 0. The topological polar surface area (TPSA) is 69.6 Å². The Morgan fingerprint density at radius 2 is 1.92 bits per heavy atom. The SMILES string of the molecule is CC(C)(C)c1noc(CSc2nc(C3CC3)n(-c3ccccc3)n2)n1. The standard InChI is InChI=1S/C18H21N5OS/c1-18(2,3)16-19-14(24-22-16)11-25-17-20-15(12-9-10-12)23(21-17)13-7-5-4-6-8-13/h4-8,12H,9-11H2,1-3H3. The van der Waals surface area contributed by atoms with Crippen LogP contribution in [0.4, 0.5) is 0 Å². The molecule has 0 radical (unpaired) electrons. The predicted octanol–water partition coefficient (Wildman–Crippen LogP) is 4.12. The van der Waals surface area contributed by atoms with Crippen LogP contribution in [0.15, 0.2) is 40.0 Å². The minimum Gasteiger partial charge on any atom is -0.338 e. The van der Waals surface area contributed by atoms with Crippen LogP contribution >= 0.6 is 11.8 Å². The van der Waals surface area contributed by atoms with Gasteiger partial charge in [-0.3, -0.25) is 0 Å². The molecule has 7 heteroatoms. The van der Waals surface area contributed by atoms with Gasteiger partial charge in [-0.15, -0.1) is 5.10 Å². The largest absolute Gasteiger partial charge is 0.338 e. The fraction of sp³-hybridized carbons (Fsp3) is 0.444. The van der Waals surface area contributed by atoms with E-state index in [9.17, 15) is 0 Å². The van der Waals surface area contributed by atoms with Crippen molar-refractivity contribution in [2.24, 2.45) is 0 Å². The molecular weight excluding hydrogens is 334 g/mol. The van der Waals surface area contributed by atoms with E-state index in [-0.39, 0.29) is 5.41 Å². The van der Waals surface area contributed by atoms with Gasteiger partial charge in [0, 0.05) is 11.3 Å². The number of nitrogens with zero attached hydrogens (tertiary/aromatic N) is 5. The molecule has 4 rings (SSSR count). The minimum absolute atomic E-state index is 0.112. The third-order valence-corrected chi connectivity index (χ3v) is 4.84. The fourth-order valence-corrected chi connectivity index (χ4v) is 3.14. The van der Waals surface area contributed by atoms with Crippen LogP contribution in [-0.2, 0) is 11.2 Å². The van der Waals surface area contributed by atoms with Gasteiger partial charge in [-0.1, -0.05) is 55.9 Å². The first-order valence-corrected chi connectivity index (χ1v) is 9.47. The fourth-order valence-electron chi connectivity index (χ4n) is 2.48. The Bertz CT molecular complexity index is 861. The zero-order valence-corrected chi connectivity index (χ0v) is 15.5. The van der Waals surface area contributed by atoms with Gasteiger partial charge in [-0.05, 0) is 25.0 Å². The Kier molecular flexibility index (Phi) is 4.11. The predicted molar refractivity (Wildman–Crippen MR) is 95.9 cm³/mol. The summed E-state index contributed by atoms with van der Waals surface area (Å²) < 4.78 is 7.32. The molecule has 1 saturated carbocycles. The molecule has 0 amide bonds. The van der Waals surface area contributed by atoms with Crippen LogP contribution < -0.4 is 0 Å². The Morgan fingerprint density at radius 3 is 2.56 bits per heavy atom. The second kappa shape index (κ2) is 6.29. The summed E-state index contributed by atoms with van der Waals surface area (Å²) in [6.07, 6.45) is 2.38. The van der Waals surface area contributed by atoms with Crippen LogP contribution in [0.3, 0.4) is 0 Å². The van der Waals surface area contributed by atoms with Gasteiger partial charge in [0.15, 0.2) is 5.82 Å². The van der Waals surface area contributed by atoms with E-state index in [2.05, 4.69) is 43.0 Å². The van der Waals surface area contributed by atoms with E-state index in [1.807, 2.05) is 22.9 Å². The molecular formula is C18H21N5OS. The molecule has 1 aromatic carbocycles. The second-order valence-electron chi connectivity index (χ2n) is 7.32. The van der Waals surface area contributed by atoms with Crippen molar-refractivity contribution < 1.29 is 4.52 Å². The van der Waals surface area contributed by atoms with E-state index in [0.717, 1.165) is 22.5 Å². The van der Waals surface area contributed by atoms with E-state index in [1.165, 1.54) is 24.6 Å². The van der Waals surface area contributed by atoms with Crippen LogP contribution in [0, 0.1) is 0 Å². The molecule has 2 aromatic heterocycles. The van der Waals surface area contributed by atoms with E-state index in [1.54, 1.807) is 0 Å². The number of benzene rings is 1. The summed E-state index contributed by atoms with van der Waals surface area (Å²) in [6.45, 7) is 6.21. The van der Waals surface area contributed by atoms with Crippen LogP contribution in [0.2, 0.25) is 0 Å². The van der Waals surface area contributed by atoms with Crippen LogP contribution in [0.5, 0.6) is 0 Å². The monoisotopic (exact) mass is 355 g/mol. The summed E-state index contributed by atoms with van der Waals surface area (Å²) in [5.41, 5.74) is 0.940. The molecule has 0 saturated heterocycles. The lowest BCUT2D eigenvalue weighted by Crippen LogP contribution is -2.13. The normalized spacial score (nSPS) is 14.8. The number of hydrogen-bond acceptors (Lipinski definition) is 6. The van der Waals surface area contributed by atoms with Crippen molar-refractivity contribution in [3.63, 3.8) is 0 Å². The lowest BCUT2D eigenvalue weighted by molar-refractivity contribution is 0.372. The average Bonchev–Trinajstić information content (AvgIpc) is 3.16. The van der Waals surface area contributed by atoms with Gasteiger partial charge in [0.05, 0.1) is 11.4 Å². The van der Waals surface area contributed by atoms with Crippen LogP contribution in [0.25, 0.3) is 5.69 Å². The summed E-state index contributed by atoms with van der Waals surface area (Å²) >= 11 is 1.53. The average molecular weight is 355 g/mol. The van der Waals surface area contributed by atoms with Crippen molar-refractivity contribution in [1.29, 1.82) is 0 Å². The van der Waals surface area contributed by atoms with Crippen molar-refractivity contribution >= 4 is 11.8 Å². The van der Waals surface area contributed by atoms with Crippen molar-refractivity contribution in [1.82, 2.24) is 24.9 Å². The number of thioether (sulfide) groups is 1. The summed E-state index contributed by atoms with van der Waals surface area (Å²) in [5, 5.41) is 9.51. The van der Waals surface area contributed by atoms with Crippen LogP contribution in [0.1, 0.15) is 57.1 Å². The molecule has 1 fully saturated rings. The molecule has 6 nitrogen and oxygen atoms in total. The Labute approximate surface area is 151 Å². The maximum Gasteiger partial charge on any atom is 0.237 e. The van der Waals surface area contributed by atoms with E-state index in [0.29, 0.717) is 17.6 Å². The van der Waals surface area contributed by atoms with E-state index < -0.39 is 0 Å². The van der Waals surface area contributed by atoms with E-state index >= 15 is 0 Å². The summed E-state index contributed by atoms with van der Waals surface area (Å²) in [6, 6.07) is 10.2. The van der Waals surface area contributed by atoms with Gasteiger partial charge >= 0.3 is 0 Å². The van der Waals surface area contributed by atoms with Crippen LogP contribution in [-0.4, -0.2) is 24.9 Å². The van der Waals surface area contributed by atoms with Gasteiger partial charge < -0.3 is 4.52 Å². The van der Waals surface area contributed by atoms with Crippen molar-refractivity contribution in [2.75, 3.05) is 0 Å². The Balaban J connectivity index is 1.52. The van der Waals surface area contributed by atoms with Gasteiger partial charge in [0.1, 0.15) is 5.82 Å². The molecule has 3 aromatic rings. The maximum atomic E-state index is 5.35. The first kappa shape index (κ1) is 16.3. The first-order valence-electron chi connectivity index (χ1n) is 8.49. The van der Waals surface area contributed by atoms with Gasteiger partial charge in [-0.25, -0.2) is 9.67 Å². The lowest BCUT2D eigenvalue weighted by atomic mass is 9.96. The second-order valence-corrected chi connectivity index (χ2v) is 8.27. The van der Waals surface area contributed by atoms with Crippen molar-refractivity contribution in [3.05, 3.63) is 47.9 Å². The highest BCUT2D eigenvalue weighted by atomic mass is 32.2. The van der Waals surface area contributed by atoms with Gasteiger partial charge in [0.2, 0.25) is 11.0 Å². The third-order valence-electron chi connectivity index (χ3n) is 4.02. The molecule has 0 atom stereocenters. The molecule has 0 spiro atoms. The molecule has 0 unspecified atom stereocenters. The first-order chi connectivity index (χ1) is 12.0. The zero-order valence-electron chi connectivity index (χ0n) is 14.6. The summed E-state index contributed by atoms with van der Waals surface area (Å²) in [5.74, 6) is 3.49. The van der Waals surface area contributed by atoms with Crippen molar-refractivity contribution in [2.45, 2.75) is 55.9 Å². The third kappa shape index (κ3) is 3.61. The summed E-state index contributed by atoms with van der Waals surface area (Å²) in [7, 11) is 0. The zero-order chi connectivity index (χ0) is 17.4. The molecule has 0 N–H and O–H groups in total. The minimum atomic E-state index is -0.112. The molecule has 1 aliphatic rings. The molecule has 0 bridgehead atoms. The number of aromatic nitrogens is 5. The molecule has 25 heavy (non-hydrogen) atoms. The number of para-hydroxylation sites is 1. The Hall–Kier alpha value is -2.15. The molecule has 2 heterocycles. The smallest absolute Gasteiger partial charge is 0.237 e. The summed E-state index contributed by atoms with van der Waals surface area (Å²) in [4.78, 5) is 9.21. The highest BCUT2D eigenvalue weighted by Gasteiger charge is 2.30. The quantitative estimate of drug-likeness (QED) is 0.641. The Morgan fingerprint density at radius 1 is 1.16 bits per heavy atom. The number of rotatable bonds is 5.